The second-order valence-corrected chi connectivity index (χ2v) is 7.17. The molecule has 0 aromatic rings. The molecule has 0 radical (unpaired) electrons. The molecule has 0 aromatic heterocycles. The van der Waals surface area contributed by atoms with E-state index in [-0.39, 0.29) is 0 Å². The maximum atomic E-state index is 6.37. The van der Waals surface area contributed by atoms with Crippen molar-refractivity contribution >= 4 is 0 Å². The van der Waals surface area contributed by atoms with Crippen LogP contribution in [0, 0.1) is 11.3 Å². The van der Waals surface area contributed by atoms with Crippen molar-refractivity contribution in [3.05, 3.63) is 0 Å². The zero-order valence-electron chi connectivity index (χ0n) is 10.8. The van der Waals surface area contributed by atoms with Gasteiger partial charge in [0.1, 0.15) is 0 Å². The molecule has 2 saturated carbocycles. The lowest BCUT2D eigenvalue weighted by molar-refractivity contribution is 0.0559. The van der Waals surface area contributed by atoms with Crippen LogP contribution in [-0.4, -0.2) is 29.6 Å². The minimum atomic E-state index is 0.437. The van der Waals surface area contributed by atoms with Gasteiger partial charge >= 0.3 is 0 Å². The fourth-order valence-corrected chi connectivity index (χ4v) is 4.30. The third kappa shape index (κ3) is 1.80. The summed E-state index contributed by atoms with van der Waals surface area (Å²) in [6.07, 6.45) is 8.24. The Morgan fingerprint density at radius 2 is 2.00 bits per heavy atom. The van der Waals surface area contributed by atoms with Gasteiger partial charge in [-0.25, -0.2) is 0 Å². The number of nitrogens with two attached hydrogens (primary N) is 1. The summed E-state index contributed by atoms with van der Waals surface area (Å²) in [5.41, 5.74) is 6.89. The summed E-state index contributed by atoms with van der Waals surface area (Å²) < 4.78 is 0. The zero-order chi connectivity index (χ0) is 11.3. The second-order valence-electron chi connectivity index (χ2n) is 7.17. The van der Waals surface area contributed by atoms with Gasteiger partial charge in [0.05, 0.1) is 0 Å². The molecule has 16 heavy (non-hydrogen) atoms. The van der Waals surface area contributed by atoms with E-state index in [1.165, 1.54) is 45.1 Å². The average molecular weight is 222 g/mol. The molecule has 2 heteroatoms. The van der Waals surface area contributed by atoms with E-state index in [9.17, 15) is 0 Å². The summed E-state index contributed by atoms with van der Waals surface area (Å²) in [5.74, 6) is 1.00. The molecule has 0 spiro atoms. The van der Waals surface area contributed by atoms with Crippen molar-refractivity contribution in [3.63, 3.8) is 0 Å². The quantitative estimate of drug-likeness (QED) is 0.738. The topological polar surface area (TPSA) is 29.3 Å². The van der Waals surface area contributed by atoms with Crippen LogP contribution in [0.25, 0.3) is 0 Å². The van der Waals surface area contributed by atoms with Gasteiger partial charge < -0.3 is 5.73 Å². The lowest BCUT2D eigenvalue weighted by Gasteiger charge is -2.46. The molecule has 1 heterocycles. The van der Waals surface area contributed by atoms with E-state index in [0.717, 1.165) is 12.0 Å². The minimum absolute atomic E-state index is 0.437. The fourth-order valence-electron chi connectivity index (χ4n) is 4.30. The second kappa shape index (κ2) is 3.71. The standard InChI is InChI=1S/C14H26N2/c1-14(2)6-5-12(15)13(8-14)16-9-10-3-4-11(16)7-10/h10-13H,3-9,15H2,1-2H3. The smallest absolute Gasteiger partial charge is 0.0255 e. The summed E-state index contributed by atoms with van der Waals surface area (Å²) in [4.78, 5) is 2.78. The van der Waals surface area contributed by atoms with Crippen molar-refractivity contribution in [2.75, 3.05) is 6.54 Å². The largest absolute Gasteiger partial charge is 0.326 e. The monoisotopic (exact) mass is 222 g/mol. The van der Waals surface area contributed by atoms with E-state index in [1.807, 2.05) is 0 Å². The first kappa shape index (κ1) is 11.0. The predicted molar refractivity (Wildman–Crippen MR) is 67.2 cm³/mol. The highest BCUT2D eigenvalue weighted by molar-refractivity contribution is 5.01. The van der Waals surface area contributed by atoms with E-state index < -0.39 is 0 Å². The molecule has 1 aliphatic heterocycles. The molecule has 2 bridgehead atoms. The normalized spacial score (nSPS) is 47.4. The highest BCUT2D eigenvalue weighted by Gasteiger charge is 2.45. The lowest BCUT2D eigenvalue weighted by atomic mass is 9.72. The van der Waals surface area contributed by atoms with Crippen LogP contribution in [0.1, 0.15) is 52.4 Å². The third-order valence-electron chi connectivity index (χ3n) is 5.29. The summed E-state index contributed by atoms with van der Waals surface area (Å²) >= 11 is 0. The van der Waals surface area contributed by atoms with Gasteiger partial charge in [0.2, 0.25) is 0 Å². The highest BCUT2D eigenvalue weighted by Crippen LogP contribution is 2.44. The Labute approximate surface area is 99.6 Å². The lowest BCUT2D eigenvalue weighted by Crippen LogP contribution is -2.55. The van der Waals surface area contributed by atoms with Crippen molar-refractivity contribution in [1.82, 2.24) is 4.90 Å². The van der Waals surface area contributed by atoms with Gasteiger partial charge in [-0.05, 0) is 49.9 Å². The van der Waals surface area contributed by atoms with E-state index in [0.29, 0.717) is 17.5 Å². The Bertz CT molecular complexity index is 274. The first-order valence-corrected chi connectivity index (χ1v) is 7.06. The average Bonchev–Trinajstić information content (AvgIpc) is 2.83. The molecule has 4 atom stereocenters. The van der Waals surface area contributed by atoms with Crippen molar-refractivity contribution in [3.8, 4) is 0 Å². The van der Waals surface area contributed by atoms with Crippen molar-refractivity contribution in [2.24, 2.45) is 17.1 Å². The predicted octanol–water partition coefficient (Wildman–Crippen LogP) is 2.38. The molecule has 3 aliphatic rings. The Morgan fingerprint density at radius 1 is 1.19 bits per heavy atom. The molecule has 2 nitrogen and oxygen atoms in total. The molecular formula is C14H26N2. The number of fused-ring (bicyclic) bond motifs is 2. The molecule has 2 aliphatic carbocycles. The van der Waals surface area contributed by atoms with Crippen LogP contribution in [0.5, 0.6) is 0 Å². The van der Waals surface area contributed by atoms with Crippen LogP contribution in [0.15, 0.2) is 0 Å². The van der Waals surface area contributed by atoms with Crippen LogP contribution in [0.4, 0.5) is 0 Å². The van der Waals surface area contributed by atoms with Gasteiger partial charge in [-0.15, -0.1) is 0 Å². The van der Waals surface area contributed by atoms with Crippen LogP contribution in [0.2, 0.25) is 0 Å². The van der Waals surface area contributed by atoms with Gasteiger partial charge in [-0.3, -0.25) is 4.90 Å². The molecule has 1 saturated heterocycles. The number of rotatable bonds is 1. The molecule has 0 amide bonds. The number of hydrogen-bond acceptors (Lipinski definition) is 2. The molecule has 3 rings (SSSR count). The highest BCUT2D eigenvalue weighted by atomic mass is 15.2. The van der Waals surface area contributed by atoms with Gasteiger partial charge in [0.15, 0.2) is 0 Å². The summed E-state index contributed by atoms with van der Waals surface area (Å²) in [7, 11) is 0. The first-order valence-electron chi connectivity index (χ1n) is 7.06. The molecular weight excluding hydrogens is 196 g/mol. The van der Waals surface area contributed by atoms with Gasteiger partial charge in [-0.2, -0.15) is 0 Å². The Morgan fingerprint density at radius 3 is 2.62 bits per heavy atom. The number of piperidine rings is 1. The molecule has 0 aromatic carbocycles. The van der Waals surface area contributed by atoms with Crippen molar-refractivity contribution in [2.45, 2.75) is 70.5 Å². The molecule has 4 unspecified atom stereocenters. The Kier molecular flexibility index (Phi) is 2.56. The van der Waals surface area contributed by atoms with Crippen LogP contribution in [0.3, 0.4) is 0 Å². The minimum Gasteiger partial charge on any atom is -0.326 e. The Hall–Kier alpha value is -0.0800. The summed E-state index contributed by atoms with van der Waals surface area (Å²) in [6.45, 7) is 6.18. The van der Waals surface area contributed by atoms with Crippen LogP contribution < -0.4 is 5.73 Å². The third-order valence-corrected chi connectivity index (χ3v) is 5.29. The molecule has 2 N–H and O–H groups in total. The zero-order valence-corrected chi connectivity index (χ0v) is 10.8. The van der Waals surface area contributed by atoms with Gasteiger partial charge in [-0.1, -0.05) is 13.8 Å². The number of nitrogens with zero attached hydrogens (tertiary/aromatic N) is 1. The SMILES string of the molecule is CC1(C)CCC(N)C(N2CC3CCC2C3)C1. The molecule has 92 valence electrons. The maximum absolute atomic E-state index is 6.37. The van der Waals surface area contributed by atoms with E-state index in [1.54, 1.807) is 0 Å². The van der Waals surface area contributed by atoms with Crippen molar-refractivity contribution < 1.29 is 0 Å². The maximum Gasteiger partial charge on any atom is 0.0255 e. The van der Waals surface area contributed by atoms with E-state index in [2.05, 4.69) is 18.7 Å². The number of hydrogen-bond donors (Lipinski definition) is 1. The van der Waals surface area contributed by atoms with E-state index in [4.69, 9.17) is 5.73 Å². The van der Waals surface area contributed by atoms with Gasteiger partial charge in [0.25, 0.3) is 0 Å². The van der Waals surface area contributed by atoms with Crippen LogP contribution in [-0.2, 0) is 0 Å². The van der Waals surface area contributed by atoms with E-state index >= 15 is 0 Å². The Balaban J connectivity index is 1.73. The number of likely N-dealkylation sites (tertiary alicyclic amines) is 1. The summed E-state index contributed by atoms with van der Waals surface area (Å²) in [5, 5.41) is 0. The van der Waals surface area contributed by atoms with Crippen molar-refractivity contribution in [1.29, 1.82) is 0 Å². The first-order chi connectivity index (χ1) is 7.55. The molecule has 3 fully saturated rings. The fraction of sp³-hybridized carbons (Fsp3) is 1.00. The summed E-state index contributed by atoms with van der Waals surface area (Å²) in [6, 6.07) is 2.00. The van der Waals surface area contributed by atoms with Crippen LogP contribution >= 0.6 is 0 Å². The van der Waals surface area contributed by atoms with Gasteiger partial charge in [0, 0.05) is 24.7 Å².